The van der Waals surface area contributed by atoms with Crippen molar-refractivity contribution >= 4 is 32.6 Å². The molecule has 0 saturated carbocycles. The maximum atomic E-state index is 12.7. The Bertz CT molecular complexity index is 1100. The van der Waals surface area contributed by atoms with E-state index in [0.717, 1.165) is 12.8 Å². The van der Waals surface area contributed by atoms with Gasteiger partial charge < -0.3 is 9.15 Å². The van der Waals surface area contributed by atoms with Crippen molar-refractivity contribution in [3.8, 4) is 0 Å². The average molecular weight is 401 g/mol. The van der Waals surface area contributed by atoms with Crippen molar-refractivity contribution < 1.29 is 22.4 Å². The van der Waals surface area contributed by atoms with Gasteiger partial charge in [-0.1, -0.05) is 31.5 Å². The van der Waals surface area contributed by atoms with Gasteiger partial charge in [0.2, 0.25) is 0 Å². The van der Waals surface area contributed by atoms with Crippen molar-refractivity contribution in [3.63, 3.8) is 0 Å². The van der Waals surface area contributed by atoms with Gasteiger partial charge >= 0.3 is 5.97 Å². The zero-order valence-corrected chi connectivity index (χ0v) is 16.9. The van der Waals surface area contributed by atoms with E-state index in [1.54, 1.807) is 44.2 Å². The molecule has 0 atom stereocenters. The van der Waals surface area contributed by atoms with E-state index in [2.05, 4.69) is 4.72 Å². The highest BCUT2D eigenvalue weighted by atomic mass is 32.2. The van der Waals surface area contributed by atoms with Crippen LogP contribution in [-0.2, 0) is 14.8 Å². The minimum Gasteiger partial charge on any atom is -0.462 e. The van der Waals surface area contributed by atoms with Gasteiger partial charge in [-0.2, -0.15) is 0 Å². The Hall–Kier alpha value is -2.80. The van der Waals surface area contributed by atoms with Crippen LogP contribution in [0.3, 0.4) is 0 Å². The van der Waals surface area contributed by atoms with Crippen molar-refractivity contribution in [3.05, 3.63) is 59.4 Å². The third-order valence-electron chi connectivity index (χ3n) is 4.44. The second kappa shape index (κ2) is 8.06. The van der Waals surface area contributed by atoms with E-state index in [1.165, 1.54) is 12.1 Å². The predicted molar refractivity (Wildman–Crippen MR) is 108 cm³/mol. The highest BCUT2D eigenvalue weighted by molar-refractivity contribution is 7.92. The van der Waals surface area contributed by atoms with Gasteiger partial charge in [-0.05, 0) is 50.1 Å². The summed E-state index contributed by atoms with van der Waals surface area (Å²) in [6, 6.07) is 11.5. The first-order valence-electron chi connectivity index (χ1n) is 9.12. The molecule has 2 aromatic carbocycles. The van der Waals surface area contributed by atoms with Crippen molar-refractivity contribution in [1.29, 1.82) is 0 Å². The molecule has 0 fully saturated rings. The number of ether oxygens (including phenoxy) is 1. The SMILES string of the molecule is CCCCOC(=O)c1c(C)oc2cc(C)c(NS(=O)(=O)c3ccccc3)cc12. The van der Waals surface area contributed by atoms with E-state index < -0.39 is 16.0 Å². The predicted octanol–water partition coefficient (Wildman–Crippen LogP) is 4.81. The fourth-order valence-electron chi connectivity index (χ4n) is 2.92. The fraction of sp³-hybridized carbons (Fsp3) is 0.286. The molecule has 3 aromatic rings. The summed E-state index contributed by atoms with van der Waals surface area (Å²) in [5, 5.41) is 0.523. The number of furan rings is 1. The second-order valence-corrected chi connectivity index (χ2v) is 8.29. The lowest BCUT2D eigenvalue weighted by Crippen LogP contribution is -2.13. The molecule has 6 nitrogen and oxygen atoms in total. The van der Waals surface area contributed by atoms with Crippen LogP contribution in [0.25, 0.3) is 11.0 Å². The molecule has 0 aliphatic heterocycles. The van der Waals surface area contributed by atoms with Crippen LogP contribution < -0.4 is 4.72 Å². The zero-order valence-electron chi connectivity index (χ0n) is 16.1. The number of anilines is 1. The monoisotopic (exact) mass is 401 g/mol. The molecule has 1 N–H and O–H groups in total. The Kier molecular flexibility index (Phi) is 5.74. The van der Waals surface area contributed by atoms with Gasteiger partial charge in [0.05, 0.1) is 17.2 Å². The first kappa shape index (κ1) is 19.9. The third-order valence-corrected chi connectivity index (χ3v) is 5.83. The summed E-state index contributed by atoms with van der Waals surface area (Å²) < 4.78 is 38.9. The molecule has 148 valence electrons. The van der Waals surface area contributed by atoms with E-state index >= 15 is 0 Å². The number of unbranched alkanes of at least 4 members (excludes halogenated alkanes) is 1. The molecule has 1 heterocycles. The summed E-state index contributed by atoms with van der Waals surface area (Å²) >= 11 is 0. The van der Waals surface area contributed by atoms with Gasteiger partial charge in [-0.3, -0.25) is 4.72 Å². The summed E-state index contributed by atoms with van der Waals surface area (Å²) in [5.41, 5.74) is 1.91. The molecule has 7 heteroatoms. The lowest BCUT2D eigenvalue weighted by Gasteiger charge is -2.11. The molecule has 1 aromatic heterocycles. The number of benzene rings is 2. The quantitative estimate of drug-likeness (QED) is 0.454. The second-order valence-electron chi connectivity index (χ2n) is 6.60. The average Bonchev–Trinajstić information content (AvgIpc) is 2.97. The van der Waals surface area contributed by atoms with Crippen LogP contribution in [0.15, 0.2) is 51.8 Å². The Labute approximate surface area is 164 Å². The van der Waals surface area contributed by atoms with Crippen molar-refractivity contribution in [2.24, 2.45) is 0 Å². The fourth-order valence-corrected chi connectivity index (χ4v) is 4.06. The van der Waals surface area contributed by atoms with E-state index in [1.807, 2.05) is 6.92 Å². The smallest absolute Gasteiger partial charge is 0.342 e. The first-order valence-corrected chi connectivity index (χ1v) is 10.6. The van der Waals surface area contributed by atoms with E-state index in [0.29, 0.717) is 40.2 Å². The van der Waals surface area contributed by atoms with Crippen molar-refractivity contribution in [2.45, 2.75) is 38.5 Å². The minimum atomic E-state index is -3.75. The van der Waals surface area contributed by atoms with Crippen LogP contribution in [0.4, 0.5) is 5.69 Å². The minimum absolute atomic E-state index is 0.164. The summed E-state index contributed by atoms with van der Waals surface area (Å²) in [6.45, 7) is 5.82. The Morgan fingerprint density at radius 2 is 1.86 bits per heavy atom. The highest BCUT2D eigenvalue weighted by Gasteiger charge is 2.22. The maximum Gasteiger partial charge on any atom is 0.342 e. The van der Waals surface area contributed by atoms with E-state index in [4.69, 9.17) is 9.15 Å². The van der Waals surface area contributed by atoms with Crippen LogP contribution in [0.2, 0.25) is 0 Å². The summed E-state index contributed by atoms with van der Waals surface area (Å²) in [7, 11) is -3.75. The largest absolute Gasteiger partial charge is 0.462 e. The molecule has 0 amide bonds. The Morgan fingerprint density at radius 3 is 2.54 bits per heavy atom. The zero-order chi connectivity index (χ0) is 20.3. The standard InChI is InChI=1S/C21H23NO5S/c1-4-5-11-26-21(23)20-15(3)27-19-12-14(2)18(13-17(19)20)22-28(24,25)16-9-7-6-8-10-16/h6-10,12-13,22H,4-5,11H2,1-3H3. The van der Waals surface area contributed by atoms with Gasteiger partial charge in [-0.25, -0.2) is 13.2 Å². The molecule has 0 aliphatic rings. The van der Waals surface area contributed by atoms with Crippen LogP contribution in [0.1, 0.15) is 41.4 Å². The molecular formula is C21H23NO5S. The Balaban J connectivity index is 1.99. The van der Waals surface area contributed by atoms with Crippen LogP contribution in [0, 0.1) is 13.8 Å². The number of fused-ring (bicyclic) bond motifs is 1. The van der Waals surface area contributed by atoms with E-state index in [9.17, 15) is 13.2 Å². The third kappa shape index (κ3) is 4.04. The molecule has 0 spiro atoms. The number of aryl methyl sites for hydroxylation is 2. The molecule has 3 rings (SSSR count). The molecule has 0 bridgehead atoms. The molecule has 28 heavy (non-hydrogen) atoms. The van der Waals surface area contributed by atoms with Crippen LogP contribution in [0.5, 0.6) is 0 Å². The van der Waals surface area contributed by atoms with Gasteiger partial charge in [0.25, 0.3) is 10.0 Å². The molecule has 0 radical (unpaired) electrons. The lowest BCUT2D eigenvalue weighted by molar-refractivity contribution is 0.0500. The highest BCUT2D eigenvalue weighted by Crippen LogP contribution is 2.32. The molecular weight excluding hydrogens is 378 g/mol. The first-order chi connectivity index (χ1) is 13.3. The van der Waals surface area contributed by atoms with Gasteiger partial charge in [0.15, 0.2) is 0 Å². The maximum absolute atomic E-state index is 12.7. The summed E-state index contributed by atoms with van der Waals surface area (Å²) in [4.78, 5) is 12.7. The number of carbonyl (C=O) groups is 1. The topological polar surface area (TPSA) is 85.6 Å². The van der Waals surface area contributed by atoms with Crippen LogP contribution in [-0.4, -0.2) is 21.0 Å². The molecule has 0 saturated heterocycles. The number of carbonyl (C=O) groups excluding carboxylic acids is 1. The number of nitrogens with one attached hydrogen (secondary N) is 1. The van der Waals surface area contributed by atoms with Gasteiger partial charge in [0, 0.05) is 5.39 Å². The summed E-state index contributed by atoms with van der Waals surface area (Å²) in [5.74, 6) is -0.0237. The number of sulfonamides is 1. The number of hydrogen-bond acceptors (Lipinski definition) is 5. The van der Waals surface area contributed by atoms with Crippen LogP contribution >= 0.6 is 0 Å². The van der Waals surface area contributed by atoms with Gasteiger partial charge in [-0.15, -0.1) is 0 Å². The molecule has 0 aliphatic carbocycles. The van der Waals surface area contributed by atoms with Crippen molar-refractivity contribution in [2.75, 3.05) is 11.3 Å². The number of esters is 1. The number of hydrogen-bond donors (Lipinski definition) is 1. The molecule has 0 unspecified atom stereocenters. The lowest BCUT2D eigenvalue weighted by atomic mass is 10.1. The van der Waals surface area contributed by atoms with E-state index in [-0.39, 0.29) is 4.90 Å². The summed E-state index contributed by atoms with van der Waals surface area (Å²) in [6.07, 6.45) is 1.70. The van der Waals surface area contributed by atoms with Gasteiger partial charge in [0.1, 0.15) is 16.9 Å². The Morgan fingerprint density at radius 1 is 1.14 bits per heavy atom. The number of rotatable bonds is 7. The normalized spacial score (nSPS) is 11.5. The van der Waals surface area contributed by atoms with Crippen molar-refractivity contribution in [1.82, 2.24) is 0 Å².